The molecule has 0 N–H and O–H groups in total. The maximum atomic E-state index is 13.3. The van der Waals surface area contributed by atoms with Crippen molar-refractivity contribution in [3.05, 3.63) is 30.3 Å². The smallest absolute Gasteiger partial charge is 0.416 e. The van der Waals surface area contributed by atoms with Crippen LogP contribution in [0.15, 0.2) is 29.1 Å². The number of anilines is 1. The molecule has 4 rings (SSSR count). The molecule has 0 unspecified atom stereocenters. The Bertz CT molecular complexity index is 783. The summed E-state index contributed by atoms with van der Waals surface area (Å²) in [6, 6.07) is 1.93. The van der Waals surface area contributed by atoms with Gasteiger partial charge in [0.15, 0.2) is 24.5 Å². The minimum atomic E-state index is -4.55. The number of halogens is 3. The van der Waals surface area contributed by atoms with Gasteiger partial charge in [-0.2, -0.15) is 13.2 Å². The van der Waals surface area contributed by atoms with E-state index in [4.69, 9.17) is 9.15 Å². The van der Waals surface area contributed by atoms with Gasteiger partial charge in [-0.1, -0.05) is 0 Å². The topological polar surface area (TPSA) is 55.6 Å². The first kappa shape index (κ1) is 15.0. The van der Waals surface area contributed by atoms with E-state index >= 15 is 0 Å². The van der Waals surface area contributed by atoms with Crippen molar-refractivity contribution in [2.24, 2.45) is 5.92 Å². The summed E-state index contributed by atoms with van der Waals surface area (Å²) in [6.45, 7) is 0.207. The summed E-state index contributed by atoms with van der Waals surface area (Å²) in [5, 5.41) is 0. The number of hydrogen-bond acceptors (Lipinski definition) is 4. The Hall–Kier alpha value is -2.51. The number of nitrogens with zero attached hydrogens (tertiary/aromatic N) is 2. The van der Waals surface area contributed by atoms with Crippen molar-refractivity contribution in [1.82, 2.24) is 4.98 Å². The van der Waals surface area contributed by atoms with Gasteiger partial charge in [-0.05, 0) is 30.9 Å². The zero-order chi connectivity index (χ0) is 16.9. The largest absolute Gasteiger partial charge is 0.481 e. The highest BCUT2D eigenvalue weighted by Crippen LogP contribution is 2.46. The normalized spacial score (nSPS) is 17.6. The molecule has 0 atom stereocenters. The molecule has 1 aliphatic heterocycles. The van der Waals surface area contributed by atoms with Crippen LogP contribution >= 0.6 is 0 Å². The highest BCUT2D eigenvalue weighted by molar-refractivity contribution is 6.00. The second-order valence-corrected chi connectivity index (χ2v) is 5.97. The summed E-state index contributed by atoms with van der Waals surface area (Å²) >= 11 is 0. The van der Waals surface area contributed by atoms with Crippen LogP contribution in [0.25, 0.3) is 11.3 Å². The van der Waals surface area contributed by atoms with Gasteiger partial charge in [0, 0.05) is 6.54 Å². The molecule has 2 heterocycles. The molecule has 0 bridgehead atoms. The molecule has 1 aliphatic carbocycles. The van der Waals surface area contributed by atoms with Gasteiger partial charge in [-0.15, -0.1) is 0 Å². The molecular weight excluding hydrogens is 325 g/mol. The SMILES string of the molecule is O=C1COc2c(-c3cnco3)cc(C(F)(F)F)cc2N1CC1CC1. The van der Waals surface area contributed by atoms with Crippen molar-refractivity contribution in [2.45, 2.75) is 19.0 Å². The van der Waals surface area contributed by atoms with E-state index < -0.39 is 11.7 Å². The zero-order valence-corrected chi connectivity index (χ0v) is 12.5. The van der Waals surface area contributed by atoms with Crippen molar-refractivity contribution < 1.29 is 27.1 Å². The van der Waals surface area contributed by atoms with E-state index in [1.807, 2.05) is 0 Å². The van der Waals surface area contributed by atoms with Crippen LogP contribution in [0.3, 0.4) is 0 Å². The number of carbonyl (C=O) groups excluding carboxylic acids is 1. The highest BCUT2D eigenvalue weighted by Gasteiger charge is 2.38. The summed E-state index contributed by atoms with van der Waals surface area (Å²) in [5.41, 5.74) is -0.572. The molecule has 0 saturated heterocycles. The van der Waals surface area contributed by atoms with E-state index in [1.54, 1.807) is 0 Å². The number of benzene rings is 1. The number of hydrogen-bond donors (Lipinski definition) is 0. The van der Waals surface area contributed by atoms with Crippen LogP contribution in [0.4, 0.5) is 18.9 Å². The molecule has 126 valence electrons. The monoisotopic (exact) mass is 338 g/mol. The van der Waals surface area contributed by atoms with E-state index in [2.05, 4.69) is 4.98 Å². The Balaban J connectivity index is 1.89. The van der Waals surface area contributed by atoms with Crippen molar-refractivity contribution in [2.75, 3.05) is 18.1 Å². The lowest BCUT2D eigenvalue weighted by Gasteiger charge is -2.31. The summed E-state index contributed by atoms with van der Waals surface area (Å²) < 4.78 is 50.5. The maximum absolute atomic E-state index is 13.3. The maximum Gasteiger partial charge on any atom is 0.416 e. The van der Waals surface area contributed by atoms with E-state index in [1.165, 1.54) is 11.1 Å². The lowest BCUT2D eigenvalue weighted by Crippen LogP contribution is -2.40. The van der Waals surface area contributed by atoms with Gasteiger partial charge >= 0.3 is 6.18 Å². The Morgan fingerprint density at radius 3 is 2.71 bits per heavy atom. The number of fused-ring (bicyclic) bond motifs is 1. The van der Waals surface area contributed by atoms with E-state index in [0.29, 0.717) is 12.5 Å². The van der Waals surface area contributed by atoms with Crippen LogP contribution in [-0.4, -0.2) is 24.0 Å². The Kier molecular flexibility index (Phi) is 3.29. The van der Waals surface area contributed by atoms with Gasteiger partial charge < -0.3 is 14.1 Å². The number of amides is 1. The van der Waals surface area contributed by atoms with E-state index in [-0.39, 0.29) is 35.3 Å². The third-order valence-electron chi connectivity index (χ3n) is 4.16. The average molecular weight is 338 g/mol. The van der Waals surface area contributed by atoms with Crippen molar-refractivity contribution in [1.29, 1.82) is 0 Å². The number of aromatic nitrogens is 1. The number of oxazole rings is 1. The Labute approximate surface area is 135 Å². The standard InChI is InChI=1S/C16H13F3N2O3/c17-16(18,19)10-3-11(13-5-20-8-24-13)15-12(4-10)21(6-9-1-2-9)14(22)7-23-15/h3-5,8-9H,1-2,6-7H2. The van der Waals surface area contributed by atoms with Gasteiger partial charge in [0.2, 0.25) is 0 Å². The molecular formula is C16H13F3N2O3. The minimum Gasteiger partial charge on any atom is -0.481 e. The minimum absolute atomic E-state index is 0.138. The fourth-order valence-electron chi connectivity index (χ4n) is 2.77. The molecule has 1 amide bonds. The number of rotatable bonds is 3. The summed E-state index contributed by atoms with van der Waals surface area (Å²) in [7, 11) is 0. The lowest BCUT2D eigenvalue weighted by atomic mass is 10.0. The molecule has 24 heavy (non-hydrogen) atoms. The van der Waals surface area contributed by atoms with Crippen LogP contribution in [0, 0.1) is 5.92 Å². The lowest BCUT2D eigenvalue weighted by molar-refractivity contribution is -0.137. The van der Waals surface area contributed by atoms with Crippen molar-refractivity contribution >= 4 is 11.6 Å². The second-order valence-electron chi connectivity index (χ2n) is 5.97. The molecule has 1 aromatic heterocycles. The molecule has 0 radical (unpaired) electrons. The molecule has 2 aliphatic rings. The molecule has 1 aromatic carbocycles. The van der Waals surface area contributed by atoms with Gasteiger partial charge in [0.05, 0.1) is 23.0 Å². The van der Waals surface area contributed by atoms with Gasteiger partial charge in [-0.25, -0.2) is 4.98 Å². The third-order valence-corrected chi connectivity index (χ3v) is 4.16. The fourth-order valence-corrected chi connectivity index (χ4v) is 2.77. The van der Waals surface area contributed by atoms with Gasteiger partial charge in [-0.3, -0.25) is 4.79 Å². The number of carbonyl (C=O) groups is 1. The second kappa shape index (κ2) is 5.25. The number of ether oxygens (including phenoxy) is 1. The van der Waals surface area contributed by atoms with Crippen LogP contribution in [0.5, 0.6) is 5.75 Å². The molecule has 2 aromatic rings. The van der Waals surface area contributed by atoms with Gasteiger partial charge in [0.25, 0.3) is 5.91 Å². The third kappa shape index (κ3) is 2.61. The average Bonchev–Trinajstić information content (AvgIpc) is 3.18. The Morgan fingerprint density at radius 1 is 1.29 bits per heavy atom. The molecule has 1 saturated carbocycles. The summed E-state index contributed by atoms with van der Waals surface area (Å²) in [6.07, 6.45) is -0.129. The van der Waals surface area contributed by atoms with E-state index in [0.717, 1.165) is 31.4 Å². The first-order valence-corrected chi connectivity index (χ1v) is 7.51. The van der Waals surface area contributed by atoms with Crippen molar-refractivity contribution in [3.8, 4) is 17.1 Å². The first-order valence-electron chi connectivity index (χ1n) is 7.51. The first-order chi connectivity index (χ1) is 11.4. The van der Waals surface area contributed by atoms with Crippen LogP contribution in [-0.2, 0) is 11.0 Å². The highest BCUT2D eigenvalue weighted by atomic mass is 19.4. The molecule has 8 heteroatoms. The van der Waals surface area contributed by atoms with E-state index in [9.17, 15) is 18.0 Å². The zero-order valence-electron chi connectivity index (χ0n) is 12.5. The summed E-state index contributed by atoms with van der Waals surface area (Å²) in [5.74, 6) is 0.387. The van der Waals surface area contributed by atoms with Crippen LogP contribution < -0.4 is 9.64 Å². The molecule has 1 fully saturated rings. The fraction of sp³-hybridized carbons (Fsp3) is 0.375. The molecule has 5 nitrogen and oxygen atoms in total. The predicted molar refractivity (Wildman–Crippen MR) is 77.5 cm³/mol. The molecule has 0 spiro atoms. The quantitative estimate of drug-likeness (QED) is 0.860. The summed E-state index contributed by atoms with van der Waals surface area (Å²) in [4.78, 5) is 17.3. The van der Waals surface area contributed by atoms with Gasteiger partial charge in [0.1, 0.15) is 0 Å². The van der Waals surface area contributed by atoms with Crippen LogP contribution in [0.1, 0.15) is 18.4 Å². The van der Waals surface area contributed by atoms with Crippen molar-refractivity contribution in [3.63, 3.8) is 0 Å². The Morgan fingerprint density at radius 2 is 2.08 bits per heavy atom. The van der Waals surface area contributed by atoms with Crippen LogP contribution in [0.2, 0.25) is 0 Å². The predicted octanol–water partition coefficient (Wildman–Crippen LogP) is 3.50. The number of alkyl halides is 3.